The molecule has 0 aliphatic carbocycles. The zero-order chi connectivity index (χ0) is 17.1. The minimum Gasteiger partial charge on any atom is -0.481 e. The molecule has 1 aromatic carbocycles. The second-order valence-corrected chi connectivity index (χ2v) is 5.40. The molecule has 2 heterocycles. The molecule has 0 radical (unpaired) electrons. The number of anilines is 1. The lowest BCUT2D eigenvalue weighted by atomic mass is 10.2. The quantitative estimate of drug-likeness (QED) is 0.801. The normalized spacial score (nSPS) is 10.5. The van der Waals surface area contributed by atoms with Gasteiger partial charge in [0.15, 0.2) is 0 Å². The summed E-state index contributed by atoms with van der Waals surface area (Å²) in [4.78, 5) is 16.5. The largest absolute Gasteiger partial charge is 0.481 e. The molecule has 3 rings (SSSR count). The number of hydrogen-bond acceptors (Lipinski definition) is 4. The van der Waals surface area contributed by atoms with Crippen LogP contribution in [0.4, 0.5) is 5.69 Å². The highest BCUT2D eigenvalue weighted by Crippen LogP contribution is 2.22. The third-order valence-electron chi connectivity index (χ3n) is 3.60. The van der Waals surface area contributed by atoms with Gasteiger partial charge < -0.3 is 10.1 Å². The zero-order valence-electron chi connectivity index (χ0n) is 13.8. The van der Waals surface area contributed by atoms with Crippen LogP contribution in [0.25, 0.3) is 5.69 Å². The molecule has 0 saturated heterocycles. The van der Waals surface area contributed by atoms with Crippen molar-refractivity contribution in [1.82, 2.24) is 14.8 Å². The molecule has 1 amide bonds. The highest BCUT2D eigenvalue weighted by molar-refractivity contribution is 6.05. The van der Waals surface area contributed by atoms with Gasteiger partial charge >= 0.3 is 0 Å². The maximum absolute atomic E-state index is 12.5. The predicted octanol–water partition coefficient (Wildman–Crippen LogP) is 3.15. The number of benzene rings is 1. The number of methoxy groups -OCH3 is 1. The third kappa shape index (κ3) is 3.12. The standard InChI is InChI=1S/C18H18N4O2/c1-12-10-13(2)22(21-12)16-7-5-4-6-15(16)20-18(23)14-8-9-17(24-3)19-11-14/h4-11H,1-3H3,(H,20,23). The monoisotopic (exact) mass is 322 g/mol. The molecule has 0 unspecified atom stereocenters. The Labute approximate surface area is 140 Å². The van der Waals surface area contributed by atoms with Crippen molar-refractivity contribution >= 4 is 11.6 Å². The van der Waals surface area contributed by atoms with E-state index < -0.39 is 0 Å². The number of carbonyl (C=O) groups excluding carboxylic acids is 1. The number of para-hydroxylation sites is 2. The first kappa shape index (κ1) is 15.7. The minimum absolute atomic E-state index is 0.237. The number of ether oxygens (including phenoxy) is 1. The van der Waals surface area contributed by atoms with Crippen LogP contribution in [0.1, 0.15) is 21.7 Å². The Morgan fingerprint density at radius 2 is 1.96 bits per heavy atom. The first-order chi connectivity index (χ1) is 11.6. The maximum atomic E-state index is 12.5. The number of aromatic nitrogens is 3. The van der Waals surface area contributed by atoms with Crippen LogP contribution >= 0.6 is 0 Å². The van der Waals surface area contributed by atoms with Crippen molar-refractivity contribution in [1.29, 1.82) is 0 Å². The van der Waals surface area contributed by atoms with Gasteiger partial charge in [-0.25, -0.2) is 9.67 Å². The number of pyridine rings is 1. The number of nitrogens with one attached hydrogen (secondary N) is 1. The van der Waals surface area contributed by atoms with Crippen molar-refractivity contribution < 1.29 is 9.53 Å². The highest BCUT2D eigenvalue weighted by Gasteiger charge is 2.12. The summed E-state index contributed by atoms with van der Waals surface area (Å²) in [5.74, 6) is 0.230. The summed E-state index contributed by atoms with van der Waals surface area (Å²) in [5, 5.41) is 7.40. The highest BCUT2D eigenvalue weighted by atomic mass is 16.5. The van der Waals surface area contributed by atoms with Crippen LogP contribution < -0.4 is 10.1 Å². The lowest BCUT2D eigenvalue weighted by Crippen LogP contribution is -2.14. The molecule has 2 aromatic heterocycles. The second-order valence-electron chi connectivity index (χ2n) is 5.40. The Bertz CT molecular complexity index is 869. The number of hydrogen-bond donors (Lipinski definition) is 1. The fourth-order valence-electron chi connectivity index (χ4n) is 2.47. The van der Waals surface area contributed by atoms with Gasteiger partial charge in [-0.05, 0) is 38.1 Å². The number of nitrogens with zero attached hydrogens (tertiary/aromatic N) is 3. The number of rotatable bonds is 4. The van der Waals surface area contributed by atoms with E-state index in [0.29, 0.717) is 17.1 Å². The number of carbonyl (C=O) groups is 1. The zero-order valence-corrected chi connectivity index (χ0v) is 13.8. The average molecular weight is 322 g/mol. The third-order valence-corrected chi connectivity index (χ3v) is 3.60. The molecule has 24 heavy (non-hydrogen) atoms. The van der Waals surface area contributed by atoms with Gasteiger partial charge in [0.05, 0.1) is 29.7 Å². The SMILES string of the molecule is COc1ccc(C(=O)Nc2ccccc2-n2nc(C)cc2C)cn1. The summed E-state index contributed by atoms with van der Waals surface area (Å²) in [7, 11) is 1.53. The average Bonchev–Trinajstić information content (AvgIpc) is 2.93. The molecule has 0 aliphatic rings. The maximum Gasteiger partial charge on any atom is 0.257 e. The van der Waals surface area contributed by atoms with Crippen molar-refractivity contribution in [3.8, 4) is 11.6 Å². The van der Waals surface area contributed by atoms with Crippen molar-refractivity contribution in [2.24, 2.45) is 0 Å². The lowest BCUT2D eigenvalue weighted by molar-refractivity contribution is 0.102. The summed E-state index contributed by atoms with van der Waals surface area (Å²) < 4.78 is 6.82. The molecule has 3 aromatic rings. The summed E-state index contributed by atoms with van der Waals surface area (Å²) in [6, 6.07) is 12.9. The van der Waals surface area contributed by atoms with Gasteiger partial charge in [-0.3, -0.25) is 4.79 Å². The van der Waals surface area contributed by atoms with E-state index in [9.17, 15) is 4.79 Å². The minimum atomic E-state index is -0.237. The van der Waals surface area contributed by atoms with Gasteiger partial charge in [-0.15, -0.1) is 0 Å². The van der Waals surface area contributed by atoms with Gasteiger partial charge in [0.25, 0.3) is 5.91 Å². The second kappa shape index (κ2) is 6.54. The first-order valence-electron chi connectivity index (χ1n) is 7.52. The van der Waals surface area contributed by atoms with E-state index in [1.807, 2.05) is 48.9 Å². The molecule has 6 nitrogen and oxygen atoms in total. The Kier molecular flexibility index (Phi) is 4.29. The Balaban J connectivity index is 1.90. The molecule has 0 atom stereocenters. The fraction of sp³-hybridized carbons (Fsp3) is 0.167. The first-order valence-corrected chi connectivity index (χ1v) is 7.52. The predicted molar refractivity (Wildman–Crippen MR) is 91.8 cm³/mol. The van der Waals surface area contributed by atoms with Crippen molar-refractivity contribution in [3.05, 3.63) is 65.6 Å². The van der Waals surface area contributed by atoms with Gasteiger partial charge in [0.1, 0.15) is 0 Å². The summed E-state index contributed by atoms with van der Waals surface area (Å²) in [5.41, 5.74) is 3.88. The van der Waals surface area contributed by atoms with E-state index >= 15 is 0 Å². The van der Waals surface area contributed by atoms with Gasteiger partial charge in [0.2, 0.25) is 5.88 Å². The van der Waals surface area contributed by atoms with Crippen LogP contribution in [0.3, 0.4) is 0 Å². The Morgan fingerprint density at radius 3 is 2.58 bits per heavy atom. The van der Waals surface area contributed by atoms with E-state index in [2.05, 4.69) is 15.4 Å². The van der Waals surface area contributed by atoms with Crippen LogP contribution in [0.2, 0.25) is 0 Å². The van der Waals surface area contributed by atoms with Crippen LogP contribution in [-0.4, -0.2) is 27.8 Å². The molecule has 0 spiro atoms. The van der Waals surface area contributed by atoms with Crippen molar-refractivity contribution in [3.63, 3.8) is 0 Å². The lowest BCUT2D eigenvalue weighted by Gasteiger charge is -2.12. The summed E-state index contributed by atoms with van der Waals surface area (Å²) in [6.07, 6.45) is 1.49. The fourth-order valence-corrected chi connectivity index (χ4v) is 2.47. The smallest absolute Gasteiger partial charge is 0.257 e. The Morgan fingerprint density at radius 1 is 1.17 bits per heavy atom. The van der Waals surface area contributed by atoms with E-state index in [0.717, 1.165) is 17.1 Å². The molecular formula is C18H18N4O2. The Hall–Kier alpha value is -3.15. The summed E-state index contributed by atoms with van der Waals surface area (Å²) >= 11 is 0. The van der Waals surface area contributed by atoms with E-state index in [-0.39, 0.29) is 5.91 Å². The molecule has 1 N–H and O–H groups in total. The van der Waals surface area contributed by atoms with Crippen LogP contribution in [-0.2, 0) is 0 Å². The number of amides is 1. The molecule has 0 bridgehead atoms. The molecular weight excluding hydrogens is 304 g/mol. The van der Waals surface area contributed by atoms with Crippen LogP contribution in [0.15, 0.2) is 48.7 Å². The van der Waals surface area contributed by atoms with Crippen LogP contribution in [0.5, 0.6) is 5.88 Å². The van der Waals surface area contributed by atoms with Crippen molar-refractivity contribution in [2.75, 3.05) is 12.4 Å². The van der Waals surface area contributed by atoms with E-state index in [1.165, 1.54) is 13.3 Å². The molecule has 0 saturated carbocycles. The van der Waals surface area contributed by atoms with Crippen LogP contribution in [0, 0.1) is 13.8 Å². The molecule has 6 heteroatoms. The van der Waals surface area contributed by atoms with Crippen molar-refractivity contribution in [2.45, 2.75) is 13.8 Å². The van der Waals surface area contributed by atoms with E-state index in [4.69, 9.17) is 4.74 Å². The number of aryl methyl sites for hydroxylation is 2. The molecule has 122 valence electrons. The summed E-state index contributed by atoms with van der Waals surface area (Å²) in [6.45, 7) is 3.92. The molecule has 0 aliphatic heterocycles. The topological polar surface area (TPSA) is 69.0 Å². The van der Waals surface area contributed by atoms with Gasteiger partial charge in [0, 0.05) is 18.0 Å². The van der Waals surface area contributed by atoms with Gasteiger partial charge in [-0.1, -0.05) is 12.1 Å². The van der Waals surface area contributed by atoms with E-state index in [1.54, 1.807) is 12.1 Å². The molecule has 0 fully saturated rings. The van der Waals surface area contributed by atoms with Gasteiger partial charge in [-0.2, -0.15) is 5.10 Å².